The van der Waals surface area contributed by atoms with E-state index < -0.39 is 5.97 Å². The number of carbonyl (C=O) groups is 1. The second-order valence-corrected chi connectivity index (χ2v) is 3.26. The van der Waals surface area contributed by atoms with Gasteiger partial charge in [-0.2, -0.15) is 0 Å². The van der Waals surface area contributed by atoms with Crippen molar-refractivity contribution in [3.05, 3.63) is 29.3 Å². The molecule has 0 atom stereocenters. The van der Waals surface area contributed by atoms with Crippen molar-refractivity contribution in [3.8, 4) is 0 Å². The van der Waals surface area contributed by atoms with Gasteiger partial charge in [0.05, 0.1) is 5.56 Å². The van der Waals surface area contributed by atoms with E-state index in [4.69, 9.17) is 10.8 Å². The molecule has 0 heterocycles. The molecule has 0 amide bonds. The lowest BCUT2D eigenvalue weighted by Crippen LogP contribution is -2.19. The van der Waals surface area contributed by atoms with Gasteiger partial charge in [-0.15, -0.1) is 0 Å². The number of hydrogen-bond donors (Lipinski definition) is 3. The number of nitrogens with one attached hydrogen (secondary N) is 1. The number of hydrogen-bond acceptors (Lipinski definition) is 2. The molecule has 0 fully saturated rings. The summed E-state index contributed by atoms with van der Waals surface area (Å²) in [5.41, 5.74) is 6.91. The van der Waals surface area contributed by atoms with Crippen molar-refractivity contribution in [1.29, 1.82) is 0 Å². The van der Waals surface area contributed by atoms with E-state index >= 15 is 0 Å². The average Bonchev–Trinajstić information content (AvgIpc) is 2.01. The summed E-state index contributed by atoms with van der Waals surface area (Å²) in [5.74, 6) is -0.940. The molecule has 0 aliphatic carbocycles. The first kappa shape index (κ1) is 10.5. The summed E-state index contributed by atoms with van der Waals surface area (Å²) in [6.45, 7) is 1.72. The first-order chi connectivity index (χ1) is 6.50. The van der Waals surface area contributed by atoms with Gasteiger partial charge in [-0.3, -0.25) is 0 Å². The molecule has 1 rings (SSSR count). The number of carboxylic acid groups (broad SMARTS) is 1. The molecule has 0 aliphatic heterocycles. The Labute approximate surface area is 86.7 Å². The van der Waals surface area contributed by atoms with Crippen molar-refractivity contribution in [2.45, 2.75) is 6.92 Å². The van der Waals surface area contributed by atoms with Gasteiger partial charge in [0.25, 0.3) is 0 Å². The maximum atomic E-state index is 10.7. The maximum absolute atomic E-state index is 10.7. The lowest BCUT2D eigenvalue weighted by atomic mass is 10.1. The quantitative estimate of drug-likeness (QED) is 0.642. The van der Waals surface area contributed by atoms with E-state index in [0.717, 1.165) is 0 Å². The van der Waals surface area contributed by atoms with Gasteiger partial charge in [0.1, 0.15) is 0 Å². The lowest BCUT2D eigenvalue weighted by Gasteiger charge is -2.06. The summed E-state index contributed by atoms with van der Waals surface area (Å²) >= 11 is 4.66. The summed E-state index contributed by atoms with van der Waals surface area (Å²) < 4.78 is 0. The SMILES string of the molecule is Cc1cc(NC(N)=S)ccc1C(=O)O. The largest absolute Gasteiger partial charge is 0.478 e. The molecule has 0 saturated carbocycles. The highest BCUT2D eigenvalue weighted by Gasteiger charge is 2.06. The predicted octanol–water partition coefficient (Wildman–Crippen LogP) is 1.35. The number of thiocarbonyl (C=S) groups is 1. The Balaban J connectivity index is 3.00. The molecule has 74 valence electrons. The Morgan fingerprint density at radius 2 is 2.21 bits per heavy atom. The molecule has 14 heavy (non-hydrogen) atoms. The van der Waals surface area contributed by atoms with Crippen LogP contribution in [-0.2, 0) is 0 Å². The zero-order chi connectivity index (χ0) is 10.7. The summed E-state index contributed by atoms with van der Waals surface area (Å²) in [7, 11) is 0. The van der Waals surface area contributed by atoms with Gasteiger partial charge in [-0.25, -0.2) is 4.79 Å². The van der Waals surface area contributed by atoms with E-state index in [1.165, 1.54) is 6.07 Å². The highest BCUT2D eigenvalue weighted by atomic mass is 32.1. The number of carboxylic acids is 1. The highest BCUT2D eigenvalue weighted by molar-refractivity contribution is 7.80. The zero-order valence-electron chi connectivity index (χ0n) is 7.57. The molecule has 0 radical (unpaired) electrons. The van der Waals surface area contributed by atoms with Gasteiger partial charge in [0.15, 0.2) is 5.11 Å². The molecule has 1 aromatic carbocycles. The van der Waals surface area contributed by atoms with Gasteiger partial charge in [0, 0.05) is 5.69 Å². The van der Waals surface area contributed by atoms with E-state index in [1.807, 2.05) is 0 Å². The van der Waals surface area contributed by atoms with Gasteiger partial charge in [-0.05, 0) is 42.9 Å². The van der Waals surface area contributed by atoms with Crippen molar-refractivity contribution < 1.29 is 9.90 Å². The smallest absolute Gasteiger partial charge is 0.335 e. The van der Waals surface area contributed by atoms with E-state index in [2.05, 4.69) is 17.5 Å². The fourth-order valence-electron chi connectivity index (χ4n) is 1.12. The van der Waals surface area contributed by atoms with Crippen LogP contribution in [-0.4, -0.2) is 16.2 Å². The van der Waals surface area contributed by atoms with Crippen LogP contribution in [0.5, 0.6) is 0 Å². The Bertz CT molecular complexity index is 390. The molecule has 0 aliphatic rings. The van der Waals surface area contributed by atoms with E-state index in [0.29, 0.717) is 11.3 Å². The molecule has 1 aromatic rings. The van der Waals surface area contributed by atoms with Crippen molar-refractivity contribution in [2.75, 3.05) is 5.32 Å². The molecule has 4 N–H and O–H groups in total. The molecule has 0 unspecified atom stereocenters. The van der Waals surface area contributed by atoms with Crippen LogP contribution < -0.4 is 11.1 Å². The van der Waals surface area contributed by atoms with Crippen LogP contribution in [0.3, 0.4) is 0 Å². The number of rotatable bonds is 2. The first-order valence-corrected chi connectivity index (χ1v) is 4.32. The number of nitrogens with two attached hydrogens (primary N) is 1. The van der Waals surface area contributed by atoms with Crippen LogP contribution in [0, 0.1) is 6.92 Å². The first-order valence-electron chi connectivity index (χ1n) is 3.91. The summed E-state index contributed by atoms with van der Waals surface area (Å²) in [5, 5.41) is 11.7. The second kappa shape index (κ2) is 4.06. The van der Waals surface area contributed by atoms with Crippen LogP contribution in [0.25, 0.3) is 0 Å². The van der Waals surface area contributed by atoms with Crippen LogP contribution in [0.1, 0.15) is 15.9 Å². The maximum Gasteiger partial charge on any atom is 0.335 e. The Morgan fingerprint density at radius 1 is 1.57 bits per heavy atom. The number of anilines is 1. The molecule has 0 aromatic heterocycles. The highest BCUT2D eigenvalue weighted by Crippen LogP contribution is 2.14. The van der Waals surface area contributed by atoms with Crippen molar-refractivity contribution in [1.82, 2.24) is 0 Å². The third-order valence-electron chi connectivity index (χ3n) is 1.72. The molecule has 5 heteroatoms. The third kappa shape index (κ3) is 2.43. The molecular weight excluding hydrogens is 200 g/mol. The van der Waals surface area contributed by atoms with Crippen LogP contribution >= 0.6 is 12.2 Å². The van der Waals surface area contributed by atoms with Crippen molar-refractivity contribution >= 4 is 29.0 Å². The van der Waals surface area contributed by atoms with Gasteiger partial charge >= 0.3 is 5.97 Å². The molecule has 0 bridgehead atoms. The standard InChI is InChI=1S/C9H10N2O2S/c1-5-4-6(11-9(10)14)2-3-7(5)8(12)13/h2-4H,1H3,(H,12,13)(H3,10,11,14). The summed E-state index contributed by atoms with van der Waals surface area (Å²) in [6.07, 6.45) is 0. The van der Waals surface area contributed by atoms with E-state index in [1.54, 1.807) is 19.1 Å². The average molecular weight is 210 g/mol. The topological polar surface area (TPSA) is 75.3 Å². The fraction of sp³-hybridized carbons (Fsp3) is 0.111. The van der Waals surface area contributed by atoms with Gasteiger partial charge < -0.3 is 16.2 Å². The minimum absolute atomic E-state index is 0.160. The van der Waals surface area contributed by atoms with Gasteiger partial charge in [-0.1, -0.05) is 0 Å². The fourth-order valence-corrected chi connectivity index (χ4v) is 1.24. The molecule has 0 spiro atoms. The normalized spacial score (nSPS) is 9.50. The molecule has 4 nitrogen and oxygen atoms in total. The number of aryl methyl sites for hydroxylation is 1. The van der Waals surface area contributed by atoms with Gasteiger partial charge in [0.2, 0.25) is 0 Å². The molecular formula is C9H10N2O2S. The summed E-state index contributed by atoms with van der Waals surface area (Å²) in [6, 6.07) is 4.82. The lowest BCUT2D eigenvalue weighted by molar-refractivity contribution is 0.0696. The Morgan fingerprint density at radius 3 is 2.64 bits per heavy atom. The Kier molecular flexibility index (Phi) is 3.03. The van der Waals surface area contributed by atoms with Crippen LogP contribution in [0.2, 0.25) is 0 Å². The summed E-state index contributed by atoms with van der Waals surface area (Å²) in [4.78, 5) is 10.7. The second-order valence-electron chi connectivity index (χ2n) is 2.82. The predicted molar refractivity (Wildman–Crippen MR) is 58.5 cm³/mol. The minimum Gasteiger partial charge on any atom is -0.478 e. The Hall–Kier alpha value is -1.62. The zero-order valence-corrected chi connectivity index (χ0v) is 8.39. The monoisotopic (exact) mass is 210 g/mol. The van der Waals surface area contributed by atoms with Crippen LogP contribution in [0.4, 0.5) is 5.69 Å². The van der Waals surface area contributed by atoms with Crippen molar-refractivity contribution in [3.63, 3.8) is 0 Å². The molecule has 0 saturated heterocycles. The van der Waals surface area contributed by atoms with Crippen molar-refractivity contribution in [2.24, 2.45) is 5.73 Å². The van der Waals surface area contributed by atoms with E-state index in [9.17, 15) is 4.79 Å². The third-order valence-corrected chi connectivity index (χ3v) is 1.83. The number of benzene rings is 1. The van der Waals surface area contributed by atoms with Crippen LogP contribution in [0.15, 0.2) is 18.2 Å². The number of aromatic carboxylic acids is 1. The minimum atomic E-state index is -0.940. The van der Waals surface area contributed by atoms with E-state index in [-0.39, 0.29) is 10.7 Å².